The van der Waals surface area contributed by atoms with Gasteiger partial charge in [-0.05, 0) is 44.2 Å². The lowest BCUT2D eigenvalue weighted by Gasteiger charge is -2.48. The lowest BCUT2D eigenvalue weighted by molar-refractivity contribution is -0.138. The molecule has 0 aromatic carbocycles. The molecule has 1 amide bonds. The Kier molecular flexibility index (Phi) is 3.48. The number of carbonyl (C=O) groups excluding carboxylic acids is 1. The van der Waals surface area contributed by atoms with Gasteiger partial charge >= 0.3 is 0 Å². The highest BCUT2D eigenvalue weighted by atomic mass is 16.2. The van der Waals surface area contributed by atoms with Gasteiger partial charge in [-0.25, -0.2) is 4.98 Å². The zero-order chi connectivity index (χ0) is 15.9. The summed E-state index contributed by atoms with van der Waals surface area (Å²) < 4.78 is 0. The minimum absolute atomic E-state index is 0.180. The van der Waals surface area contributed by atoms with Crippen LogP contribution in [0, 0.1) is 16.7 Å². The summed E-state index contributed by atoms with van der Waals surface area (Å²) in [6, 6.07) is 6.41. The van der Waals surface area contributed by atoms with Crippen LogP contribution in [0.25, 0.3) is 0 Å². The molecule has 3 heterocycles. The van der Waals surface area contributed by atoms with Crippen LogP contribution < -0.4 is 4.90 Å². The van der Waals surface area contributed by atoms with Gasteiger partial charge in [-0.2, -0.15) is 5.26 Å². The number of rotatable bonds is 2. The lowest BCUT2D eigenvalue weighted by Crippen LogP contribution is -2.54. The van der Waals surface area contributed by atoms with Crippen molar-refractivity contribution >= 4 is 11.7 Å². The van der Waals surface area contributed by atoms with Gasteiger partial charge in [0.2, 0.25) is 5.91 Å². The van der Waals surface area contributed by atoms with Gasteiger partial charge < -0.3 is 9.80 Å². The average Bonchev–Trinajstić information content (AvgIpc) is 3.42. The lowest BCUT2D eigenvalue weighted by atomic mass is 9.73. The van der Waals surface area contributed by atoms with Gasteiger partial charge in [-0.15, -0.1) is 0 Å². The monoisotopic (exact) mass is 310 g/mol. The van der Waals surface area contributed by atoms with E-state index in [0.29, 0.717) is 23.9 Å². The normalized spacial score (nSPS) is 28.0. The maximum Gasteiger partial charge on any atom is 0.222 e. The van der Waals surface area contributed by atoms with Crippen LogP contribution in [0.4, 0.5) is 5.82 Å². The molecule has 120 valence electrons. The summed E-state index contributed by atoms with van der Waals surface area (Å²) in [5.41, 5.74) is 0.828. The maximum absolute atomic E-state index is 12.2. The molecule has 1 saturated carbocycles. The molecule has 1 spiro atoms. The first-order valence-corrected chi connectivity index (χ1v) is 8.60. The molecule has 1 aliphatic carbocycles. The van der Waals surface area contributed by atoms with Crippen LogP contribution in [-0.4, -0.2) is 41.5 Å². The van der Waals surface area contributed by atoms with Crippen molar-refractivity contribution in [2.45, 2.75) is 44.6 Å². The predicted molar refractivity (Wildman–Crippen MR) is 86.8 cm³/mol. The SMILES string of the molecule is N#Cc1cccnc1N1CCC[C@]2(CCC(=O)N(C3CC3)C2)C1. The molecule has 1 aromatic heterocycles. The van der Waals surface area contributed by atoms with Crippen LogP contribution in [0.2, 0.25) is 0 Å². The molecule has 4 rings (SSSR count). The van der Waals surface area contributed by atoms with Gasteiger partial charge in [-0.3, -0.25) is 4.79 Å². The van der Waals surface area contributed by atoms with E-state index in [4.69, 9.17) is 0 Å². The molecule has 1 atom stereocenters. The van der Waals surface area contributed by atoms with E-state index in [1.54, 1.807) is 6.20 Å². The van der Waals surface area contributed by atoms with Gasteiger partial charge in [0, 0.05) is 43.7 Å². The molecule has 2 saturated heterocycles. The highest BCUT2D eigenvalue weighted by molar-refractivity contribution is 5.78. The second-order valence-corrected chi connectivity index (χ2v) is 7.26. The molecule has 23 heavy (non-hydrogen) atoms. The van der Waals surface area contributed by atoms with Gasteiger partial charge in [0.1, 0.15) is 11.9 Å². The molecule has 1 aromatic rings. The molecule has 2 aliphatic heterocycles. The maximum atomic E-state index is 12.2. The molecule has 5 heteroatoms. The molecular formula is C18H22N4O. The van der Waals surface area contributed by atoms with Crippen LogP contribution in [0.1, 0.15) is 44.1 Å². The summed E-state index contributed by atoms with van der Waals surface area (Å²) in [7, 11) is 0. The number of pyridine rings is 1. The summed E-state index contributed by atoms with van der Waals surface area (Å²) >= 11 is 0. The Labute approximate surface area is 136 Å². The Bertz CT molecular complexity index is 663. The van der Waals surface area contributed by atoms with Crippen molar-refractivity contribution in [3.8, 4) is 6.07 Å². The number of likely N-dealkylation sites (tertiary alicyclic amines) is 1. The quantitative estimate of drug-likeness (QED) is 0.841. The van der Waals surface area contributed by atoms with Crippen LogP contribution >= 0.6 is 0 Å². The summed E-state index contributed by atoms with van der Waals surface area (Å²) in [6.07, 6.45) is 8.04. The van der Waals surface area contributed by atoms with Crippen LogP contribution in [0.15, 0.2) is 18.3 Å². The number of carbonyl (C=O) groups is 1. The van der Waals surface area contributed by atoms with Crippen LogP contribution in [0.3, 0.4) is 0 Å². The van der Waals surface area contributed by atoms with E-state index in [1.165, 1.54) is 19.3 Å². The number of piperidine rings is 2. The fraction of sp³-hybridized carbons (Fsp3) is 0.611. The summed E-state index contributed by atoms with van der Waals surface area (Å²) in [5, 5.41) is 9.34. The minimum Gasteiger partial charge on any atom is -0.355 e. The number of aromatic nitrogens is 1. The van der Waals surface area contributed by atoms with Crippen molar-refractivity contribution in [1.82, 2.24) is 9.88 Å². The topological polar surface area (TPSA) is 60.2 Å². The van der Waals surface area contributed by atoms with E-state index in [2.05, 4.69) is 20.9 Å². The van der Waals surface area contributed by atoms with E-state index in [9.17, 15) is 10.1 Å². The van der Waals surface area contributed by atoms with E-state index in [0.717, 1.165) is 38.3 Å². The number of anilines is 1. The molecule has 0 radical (unpaired) electrons. The van der Waals surface area contributed by atoms with Crippen molar-refractivity contribution in [1.29, 1.82) is 5.26 Å². The van der Waals surface area contributed by atoms with E-state index < -0.39 is 0 Å². The first-order valence-electron chi connectivity index (χ1n) is 8.60. The number of hydrogen-bond donors (Lipinski definition) is 0. The molecule has 0 unspecified atom stereocenters. The second-order valence-electron chi connectivity index (χ2n) is 7.26. The van der Waals surface area contributed by atoms with Crippen LogP contribution in [-0.2, 0) is 4.79 Å². The summed E-state index contributed by atoms with van der Waals surface area (Å²) in [5.74, 6) is 1.15. The standard InChI is InChI=1S/C18H22N4O/c19-11-14-3-1-9-20-17(14)21-10-2-7-18(12-21)8-6-16(23)22(13-18)15-4-5-15/h1,3,9,15H,2,4-8,10,12-13H2/t18-/m0/s1. The van der Waals surface area contributed by atoms with Gasteiger partial charge in [0.25, 0.3) is 0 Å². The zero-order valence-corrected chi connectivity index (χ0v) is 13.4. The van der Waals surface area contributed by atoms with Crippen molar-refractivity contribution in [2.75, 3.05) is 24.5 Å². The Morgan fingerprint density at radius 2 is 2.17 bits per heavy atom. The Morgan fingerprint density at radius 1 is 1.30 bits per heavy atom. The molecule has 3 fully saturated rings. The van der Waals surface area contributed by atoms with Gasteiger partial charge in [-0.1, -0.05) is 0 Å². The van der Waals surface area contributed by atoms with Crippen molar-refractivity contribution in [3.63, 3.8) is 0 Å². The molecular weight excluding hydrogens is 288 g/mol. The van der Waals surface area contributed by atoms with E-state index in [1.807, 2.05) is 12.1 Å². The fourth-order valence-corrected chi connectivity index (χ4v) is 4.22. The van der Waals surface area contributed by atoms with Crippen molar-refractivity contribution < 1.29 is 4.79 Å². The highest BCUT2D eigenvalue weighted by Crippen LogP contribution is 2.43. The third-order valence-electron chi connectivity index (χ3n) is 5.55. The van der Waals surface area contributed by atoms with Crippen molar-refractivity contribution in [3.05, 3.63) is 23.9 Å². The number of amides is 1. The van der Waals surface area contributed by atoms with Gasteiger partial charge in [0.15, 0.2) is 0 Å². The number of nitrogens with zero attached hydrogens (tertiary/aromatic N) is 4. The average molecular weight is 310 g/mol. The summed E-state index contributed by atoms with van der Waals surface area (Å²) in [6.45, 7) is 2.75. The largest absolute Gasteiger partial charge is 0.355 e. The zero-order valence-electron chi connectivity index (χ0n) is 13.4. The Balaban J connectivity index is 1.57. The predicted octanol–water partition coefficient (Wildman–Crippen LogP) is 2.32. The third-order valence-corrected chi connectivity index (χ3v) is 5.55. The van der Waals surface area contributed by atoms with E-state index in [-0.39, 0.29) is 5.41 Å². The minimum atomic E-state index is 0.180. The first kappa shape index (κ1) is 14.5. The molecule has 0 bridgehead atoms. The Hall–Kier alpha value is -2.09. The molecule has 0 N–H and O–H groups in total. The fourth-order valence-electron chi connectivity index (χ4n) is 4.22. The third kappa shape index (κ3) is 2.67. The highest BCUT2D eigenvalue weighted by Gasteiger charge is 2.45. The molecule has 5 nitrogen and oxygen atoms in total. The van der Waals surface area contributed by atoms with E-state index >= 15 is 0 Å². The first-order chi connectivity index (χ1) is 11.2. The smallest absolute Gasteiger partial charge is 0.222 e. The summed E-state index contributed by atoms with van der Waals surface area (Å²) in [4.78, 5) is 21.1. The van der Waals surface area contributed by atoms with Crippen LogP contribution in [0.5, 0.6) is 0 Å². The van der Waals surface area contributed by atoms with Crippen molar-refractivity contribution in [2.24, 2.45) is 5.41 Å². The number of hydrogen-bond acceptors (Lipinski definition) is 4. The second kappa shape index (κ2) is 5.52. The van der Waals surface area contributed by atoms with Gasteiger partial charge in [0.05, 0.1) is 5.56 Å². The Morgan fingerprint density at radius 3 is 2.96 bits per heavy atom. The molecule has 3 aliphatic rings. The number of nitriles is 1.